The van der Waals surface area contributed by atoms with Crippen molar-refractivity contribution in [2.75, 3.05) is 18.8 Å². The van der Waals surface area contributed by atoms with E-state index < -0.39 is 0 Å². The molecule has 0 aromatic heterocycles. The quantitative estimate of drug-likeness (QED) is 0.843. The molecular formula is C17H22N2OS. The number of amides is 1. The van der Waals surface area contributed by atoms with Gasteiger partial charge in [-0.15, -0.1) is 0 Å². The van der Waals surface area contributed by atoms with Crippen LogP contribution in [0.2, 0.25) is 0 Å². The van der Waals surface area contributed by atoms with Gasteiger partial charge in [-0.1, -0.05) is 17.9 Å². The summed E-state index contributed by atoms with van der Waals surface area (Å²) in [4.78, 5) is 12.4. The molecular weight excluding hydrogens is 280 g/mol. The molecule has 1 aliphatic heterocycles. The number of carbonyl (C=O) groups is 1. The fraction of sp³-hybridized carbons (Fsp3) is 0.471. The monoisotopic (exact) mass is 302 g/mol. The van der Waals surface area contributed by atoms with Crippen LogP contribution in [0.1, 0.15) is 41.3 Å². The standard InChI is InChI=1S/C17H22N2OS/c1-13-6-7-14(5-3-9-18)11-15(13)16(20)19-12-17(2)8-4-10-21-17/h6-7,11H,4,8-10,12,18H2,1-2H3,(H,19,20). The van der Waals surface area contributed by atoms with Crippen molar-refractivity contribution < 1.29 is 4.79 Å². The first-order valence-corrected chi connectivity index (χ1v) is 8.24. The highest BCUT2D eigenvalue weighted by Gasteiger charge is 2.29. The Kier molecular flexibility index (Phi) is 5.33. The third-order valence-corrected chi connectivity index (χ3v) is 5.28. The summed E-state index contributed by atoms with van der Waals surface area (Å²) in [7, 11) is 0. The van der Waals surface area contributed by atoms with Gasteiger partial charge in [0.05, 0.1) is 6.54 Å². The molecule has 0 bridgehead atoms. The first-order chi connectivity index (χ1) is 10.0. The van der Waals surface area contributed by atoms with E-state index in [9.17, 15) is 4.79 Å². The van der Waals surface area contributed by atoms with Crippen LogP contribution >= 0.6 is 11.8 Å². The van der Waals surface area contributed by atoms with Gasteiger partial charge in [-0.25, -0.2) is 0 Å². The Balaban J connectivity index is 2.07. The van der Waals surface area contributed by atoms with Gasteiger partial charge < -0.3 is 11.1 Å². The number of hydrogen-bond donors (Lipinski definition) is 2. The molecule has 1 amide bonds. The van der Waals surface area contributed by atoms with Crippen LogP contribution in [-0.2, 0) is 0 Å². The zero-order valence-electron chi connectivity index (χ0n) is 12.7. The predicted octanol–water partition coefficient (Wildman–Crippen LogP) is 2.32. The molecule has 112 valence electrons. The van der Waals surface area contributed by atoms with E-state index in [4.69, 9.17) is 5.73 Å². The smallest absolute Gasteiger partial charge is 0.251 e. The van der Waals surface area contributed by atoms with Crippen LogP contribution in [0.5, 0.6) is 0 Å². The van der Waals surface area contributed by atoms with Gasteiger partial charge >= 0.3 is 0 Å². The van der Waals surface area contributed by atoms with Crippen LogP contribution in [0.15, 0.2) is 18.2 Å². The maximum absolute atomic E-state index is 12.4. The second kappa shape index (κ2) is 7.02. The van der Waals surface area contributed by atoms with Crippen molar-refractivity contribution >= 4 is 17.7 Å². The average molecular weight is 302 g/mol. The molecule has 3 nitrogen and oxygen atoms in total. The van der Waals surface area contributed by atoms with E-state index >= 15 is 0 Å². The fourth-order valence-electron chi connectivity index (χ4n) is 2.44. The molecule has 1 atom stereocenters. The first-order valence-electron chi connectivity index (χ1n) is 7.26. The van der Waals surface area contributed by atoms with E-state index in [0.29, 0.717) is 18.7 Å². The number of hydrogen-bond acceptors (Lipinski definition) is 3. The van der Waals surface area contributed by atoms with Gasteiger partial charge in [0.25, 0.3) is 5.91 Å². The van der Waals surface area contributed by atoms with Gasteiger partial charge in [0, 0.05) is 22.4 Å². The maximum Gasteiger partial charge on any atom is 0.251 e. The molecule has 0 spiro atoms. The summed E-state index contributed by atoms with van der Waals surface area (Å²) >= 11 is 1.95. The molecule has 1 fully saturated rings. The molecule has 4 heteroatoms. The number of aryl methyl sites for hydroxylation is 1. The highest BCUT2D eigenvalue weighted by atomic mass is 32.2. The van der Waals surface area contributed by atoms with E-state index in [1.54, 1.807) is 0 Å². The predicted molar refractivity (Wildman–Crippen MR) is 89.5 cm³/mol. The van der Waals surface area contributed by atoms with Crippen molar-refractivity contribution in [2.24, 2.45) is 5.73 Å². The molecule has 1 saturated heterocycles. The number of carbonyl (C=O) groups excluding carboxylic acids is 1. The van der Waals surface area contributed by atoms with Crippen LogP contribution in [0.25, 0.3) is 0 Å². The van der Waals surface area contributed by atoms with Crippen molar-refractivity contribution in [1.29, 1.82) is 0 Å². The van der Waals surface area contributed by atoms with Gasteiger partial charge in [-0.2, -0.15) is 11.8 Å². The highest BCUT2D eigenvalue weighted by molar-refractivity contribution is 8.00. The minimum Gasteiger partial charge on any atom is -0.351 e. The van der Waals surface area contributed by atoms with E-state index in [1.807, 2.05) is 36.9 Å². The van der Waals surface area contributed by atoms with Gasteiger partial charge in [-0.3, -0.25) is 4.79 Å². The summed E-state index contributed by atoms with van der Waals surface area (Å²) in [5, 5.41) is 3.07. The summed E-state index contributed by atoms with van der Waals surface area (Å²) in [6.45, 7) is 5.21. The first kappa shape index (κ1) is 15.9. The van der Waals surface area contributed by atoms with Crippen molar-refractivity contribution in [3.8, 4) is 11.8 Å². The summed E-state index contributed by atoms with van der Waals surface area (Å²) in [6, 6.07) is 5.70. The molecule has 1 unspecified atom stereocenters. The molecule has 21 heavy (non-hydrogen) atoms. The van der Waals surface area contributed by atoms with Crippen molar-refractivity contribution in [3.05, 3.63) is 34.9 Å². The molecule has 1 heterocycles. The SMILES string of the molecule is Cc1ccc(C#CCN)cc1C(=O)NCC1(C)CCCS1. The zero-order valence-corrected chi connectivity index (χ0v) is 13.5. The Hall–Kier alpha value is -1.44. The van der Waals surface area contributed by atoms with E-state index in [1.165, 1.54) is 18.6 Å². The second-order valence-corrected chi connectivity index (χ2v) is 7.30. The summed E-state index contributed by atoms with van der Waals surface area (Å²) in [6.07, 6.45) is 2.40. The average Bonchev–Trinajstić information content (AvgIpc) is 2.91. The van der Waals surface area contributed by atoms with Gasteiger partial charge in [0.1, 0.15) is 0 Å². The summed E-state index contributed by atoms with van der Waals surface area (Å²) < 4.78 is 0.181. The van der Waals surface area contributed by atoms with Crippen LogP contribution in [0.3, 0.4) is 0 Å². The Morgan fingerprint density at radius 3 is 3.00 bits per heavy atom. The van der Waals surface area contributed by atoms with Crippen molar-refractivity contribution in [2.45, 2.75) is 31.4 Å². The third-order valence-electron chi connectivity index (χ3n) is 3.74. The van der Waals surface area contributed by atoms with Crippen LogP contribution < -0.4 is 11.1 Å². The number of rotatable bonds is 3. The van der Waals surface area contributed by atoms with Gasteiger partial charge in [0.15, 0.2) is 0 Å². The van der Waals surface area contributed by atoms with E-state index in [0.717, 1.165) is 11.1 Å². The lowest BCUT2D eigenvalue weighted by Gasteiger charge is -2.23. The molecule has 0 aliphatic carbocycles. The lowest BCUT2D eigenvalue weighted by molar-refractivity contribution is 0.0949. The molecule has 0 radical (unpaired) electrons. The fourth-order valence-corrected chi connectivity index (χ4v) is 3.68. The summed E-state index contributed by atoms with van der Waals surface area (Å²) in [5.41, 5.74) is 7.88. The Labute approximate surface area is 131 Å². The topological polar surface area (TPSA) is 55.1 Å². The third kappa shape index (κ3) is 4.26. The molecule has 1 aliphatic rings. The molecule has 3 N–H and O–H groups in total. The van der Waals surface area contributed by atoms with E-state index in [-0.39, 0.29) is 10.7 Å². The number of nitrogens with two attached hydrogens (primary N) is 1. The minimum atomic E-state index is -0.0161. The number of benzene rings is 1. The van der Waals surface area contributed by atoms with Crippen LogP contribution in [-0.4, -0.2) is 29.5 Å². The zero-order chi connectivity index (χ0) is 15.3. The van der Waals surface area contributed by atoms with Crippen molar-refractivity contribution in [3.63, 3.8) is 0 Å². The normalized spacial score (nSPS) is 20.7. The van der Waals surface area contributed by atoms with Crippen LogP contribution in [0, 0.1) is 18.8 Å². The maximum atomic E-state index is 12.4. The summed E-state index contributed by atoms with van der Waals surface area (Å²) in [5.74, 6) is 6.96. The molecule has 1 aromatic rings. The Bertz CT molecular complexity index is 580. The van der Waals surface area contributed by atoms with Gasteiger partial charge in [0.2, 0.25) is 0 Å². The van der Waals surface area contributed by atoms with Crippen LogP contribution in [0.4, 0.5) is 0 Å². The van der Waals surface area contributed by atoms with E-state index in [2.05, 4.69) is 24.1 Å². The molecule has 0 saturated carbocycles. The number of nitrogens with one attached hydrogen (secondary N) is 1. The lowest BCUT2D eigenvalue weighted by atomic mass is 10.0. The second-order valence-electron chi connectivity index (χ2n) is 5.62. The Morgan fingerprint density at radius 2 is 2.33 bits per heavy atom. The largest absolute Gasteiger partial charge is 0.351 e. The van der Waals surface area contributed by atoms with Crippen molar-refractivity contribution in [1.82, 2.24) is 5.32 Å². The Morgan fingerprint density at radius 1 is 1.52 bits per heavy atom. The van der Waals surface area contributed by atoms with Gasteiger partial charge in [-0.05, 0) is 50.1 Å². The highest BCUT2D eigenvalue weighted by Crippen LogP contribution is 2.37. The molecule has 1 aromatic carbocycles. The lowest BCUT2D eigenvalue weighted by Crippen LogP contribution is -2.37. The molecule has 2 rings (SSSR count). The number of thioether (sulfide) groups is 1. The minimum absolute atomic E-state index is 0.0161.